The summed E-state index contributed by atoms with van der Waals surface area (Å²) in [5, 5.41) is 13.2. The maximum Gasteiger partial charge on any atom is 0.310 e. The fourth-order valence-electron chi connectivity index (χ4n) is 1.42. The molecule has 6 nitrogen and oxygen atoms in total. The third-order valence-electron chi connectivity index (χ3n) is 2.28. The van der Waals surface area contributed by atoms with Gasteiger partial charge in [-0.25, -0.2) is 0 Å². The lowest BCUT2D eigenvalue weighted by Crippen LogP contribution is -2.13. The minimum atomic E-state index is -0.590. The van der Waals surface area contributed by atoms with Crippen molar-refractivity contribution in [3.63, 3.8) is 0 Å². The summed E-state index contributed by atoms with van der Waals surface area (Å²) in [5.74, 6) is -0.398. The van der Waals surface area contributed by atoms with E-state index in [2.05, 4.69) is 10.3 Å². The number of benzene rings is 1. The Labute approximate surface area is 102 Å². The molecule has 0 aliphatic rings. The first-order chi connectivity index (χ1) is 8.68. The van der Waals surface area contributed by atoms with Gasteiger partial charge >= 0.3 is 5.69 Å². The van der Waals surface area contributed by atoms with Gasteiger partial charge in [-0.1, -0.05) is 18.2 Å². The van der Waals surface area contributed by atoms with E-state index in [4.69, 9.17) is 0 Å². The Bertz CT molecular complexity index is 584. The van der Waals surface area contributed by atoms with Crippen molar-refractivity contribution in [2.75, 3.05) is 5.32 Å². The van der Waals surface area contributed by atoms with Crippen LogP contribution < -0.4 is 5.32 Å². The molecule has 0 aliphatic heterocycles. The van der Waals surface area contributed by atoms with E-state index in [-0.39, 0.29) is 11.4 Å². The Morgan fingerprint density at radius 2 is 1.94 bits per heavy atom. The Kier molecular flexibility index (Phi) is 3.29. The zero-order chi connectivity index (χ0) is 13.0. The first-order valence-electron chi connectivity index (χ1n) is 5.13. The standard InChI is InChI=1S/C12H9N3O3/c16-12(9-4-2-1-3-5-9)14-10-6-7-13-8-11(10)15(17)18/h1-8H,(H,13,14,16). The summed E-state index contributed by atoms with van der Waals surface area (Å²) in [4.78, 5) is 25.7. The third-order valence-corrected chi connectivity index (χ3v) is 2.28. The lowest BCUT2D eigenvalue weighted by molar-refractivity contribution is -0.384. The van der Waals surface area contributed by atoms with Crippen LogP contribution in [0.15, 0.2) is 48.8 Å². The number of hydrogen-bond donors (Lipinski definition) is 1. The highest BCUT2D eigenvalue weighted by molar-refractivity contribution is 6.05. The summed E-state index contributed by atoms with van der Waals surface area (Å²) >= 11 is 0. The number of nitrogens with zero attached hydrogens (tertiary/aromatic N) is 2. The maximum atomic E-state index is 11.8. The molecule has 6 heteroatoms. The quantitative estimate of drug-likeness (QED) is 0.661. The van der Waals surface area contributed by atoms with Crippen LogP contribution in [0.2, 0.25) is 0 Å². The van der Waals surface area contributed by atoms with Gasteiger partial charge in [0.15, 0.2) is 0 Å². The molecule has 0 unspecified atom stereocenters. The molecule has 0 radical (unpaired) electrons. The monoisotopic (exact) mass is 243 g/mol. The van der Waals surface area contributed by atoms with Gasteiger partial charge in [0, 0.05) is 11.8 Å². The number of rotatable bonds is 3. The maximum absolute atomic E-state index is 11.8. The van der Waals surface area contributed by atoms with E-state index in [9.17, 15) is 14.9 Å². The summed E-state index contributed by atoms with van der Waals surface area (Å²) in [6, 6.07) is 9.86. The second-order valence-electron chi connectivity index (χ2n) is 3.47. The number of aromatic nitrogens is 1. The van der Waals surface area contributed by atoms with Crippen LogP contribution in [0, 0.1) is 10.1 Å². The van der Waals surface area contributed by atoms with Crippen molar-refractivity contribution in [3.8, 4) is 0 Å². The first-order valence-corrected chi connectivity index (χ1v) is 5.13. The smallest absolute Gasteiger partial charge is 0.310 e. The molecular formula is C12H9N3O3. The average molecular weight is 243 g/mol. The second-order valence-corrected chi connectivity index (χ2v) is 3.47. The summed E-state index contributed by atoms with van der Waals surface area (Å²) in [6.45, 7) is 0. The Morgan fingerprint density at radius 1 is 1.22 bits per heavy atom. The number of anilines is 1. The van der Waals surface area contributed by atoms with Crippen molar-refractivity contribution in [1.82, 2.24) is 4.98 Å². The van der Waals surface area contributed by atoms with Crippen molar-refractivity contribution in [2.45, 2.75) is 0 Å². The van der Waals surface area contributed by atoms with E-state index in [0.717, 1.165) is 6.20 Å². The minimum Gasteiger partial charge on any atom is -0.316 e. The zero-order valence-corrected chi connectivity index (χ0v) is 9.24. The van der Waals surface area contributed by atoms with Crippen LogP contribution in [0.1, 0.15) is 10.4 Å². The van der Waals surface area contributed by atoms with Crippen LogP contribution in [-0.4, -0.2) is 15.8 Å². The number of nitrogens with one attached hydrogen (secondary N) is 1. The van der Waals surface area contributed by atoms with E-state index in [1.54, 1.807) is 30.3 Å². The minimum absolute atomic E-state index is 0.129. The van der Waals surface area contributed by atoms with Crippen LogP contribution in [0.5, 0.6) is 0 Å². The average Bonchev–Trinajstić information content (AvgIpc) is 2.40. The van der Waals surface area contributed by atoms with Gasteiger partial charge in [0.1, 0.15) is 11.9 Å². The Balaban J connectivity index is 2.25. The fourth-order valence-corrected chi connectivity index (χ4v) is 1.42. The van der Waals surface area contributed by atoms with Crippen LogP contribution in [0.4, 0.5) is 11.4 Å². The van der Waals surface area contributed by atoms with Gasteiger partial charge < -0.3 is 5.32 Å². The summed E-state index contributed by atoms with van der Waals surface area (Å²) < 4.78 is 0. The van der Waals surface area contributed by atoms with E-state index in [1.807, 2.05) is 0 Å². The molecule has 90 valence electrons. The second kappa shape index (κ2) is 5.05. The molecule has 0 aliphatic carbocycles. The predicted molar refractivity (Wildman–Crippen MR) is 65.3 cm³/mol. The fraction of sp³-hybridized carbons (Fsp3) is 0. The molecule has 1 heterocycles. The van der Waals surface area contributed by atoms with Crippen molar-refractivity contribution in [2.24, 2.45) is 0 Å². The highest BCUT2D eigenvalue weighted by Gasteiger charge is 2.15. The number of carbonyl (C=O) groups excluding carboxylic acids is 1. The molecule has 0 bridgehead atoms. The van der Waals surface area contributed by atoms with Gasteiger partial charge in [-0.15, -0.1) is 0 Å². The normalized spacial score (nSPS) is 9.78. The SMILES string of the molecule is O=C(Nc1ccncc1[N+](=O)[O-])c1ccccc1. The third kappa shape index (κ3) is 2.49. The van der Waals surface area contributed by atoms with E-state index < -0.39 is 10.8 Å². The molecule has 18 heavy (non-hydrogen) atoms. The zero-order valence-electron chi connectivity index (χ0n) is 9.24. The Hall–Kier alpha value is -2.76. The topological polar surface area (TPSA) is 85.1 Å². The summed E-state index contributed by atoms with van der Waals surface area (Å²) in [7, 11) is 0. The molecule has 0 saturated carbocycles. The molecule has 1 aromatic heterocycles. The lowest BCUT2D eigenvalue weighted by atomic mass is 10.2. The summed E-state index contributed by atoms with van der Waals surface area (Å²) in [5.41, 5.74) is 0.328. The number of hydrogen-bond acceptors (Lipinski definition) is 4. The molecular weight excluding hydrogens is 234 g/mol. The van der Waals surface area contributed by atoms with Crippen molar-refractivity contribution in [3.05, 3.63) is 64.5 Å². The van der Waals surface area contributed by atoms with Crippen LogP contribution in [0.3, 0.4) is 0 Å². The lowest BCUT2D eigenvalue weighted by Gasteiger charge is -2.05. The first kappa shape index (κ1) is 11.7. The van der Waals surface area contributed by atoms with Crippen LogP contribution in [0.25, 0.3) is 0 Å². The molecule has 2 rings (SSSR count). The van der Waals surface area contributed by atoms with Crippen molar-refractivity contribution < 1.29 is 9.72 Å². The van der Waals surface area contributed by atoms with Gasteiger partial charge in [-0.2, -0.15) is 0 Å². The number of nitro groups is 1. The molecule has 2 aromatic rings. The highest BCUT2D eigenvalue weighted by atomic mass is 16.6. The van der Waals surface area contributed by atoms with E-state index in [1.165, 1.54) is 12.3 Å². The molecule has 0 fully saturated rings. The van der Waals surface area contributed by atoms with Crippen LogP contribution in [-0.2, 0) is 0 Å². The molecule has 0 spiro atoms. The molecule has 0 atom stereocenters. The van der Waals surface area contributed by atoms with E-state index in [0.29, 0.717) is 5.56 Å². The number of pyridine rings is 1. The molecule has 1 aromatic carbocycles. The van der Waals surface area contributed by atoms with Gasteiger partial charge in [0.25, 0.3) is 5.91 Å². The van der Waals surface area contributed by atoms with Crippen LogP contribution >= 0.6 is 0 Å². The Morgan fingerprint density at radius 3 is 2.61 bits per heavy atom. The van der Waals surface area contributed by atoms with Crippen molar-refractivity contribution >= 4 is 17.3 Å². The molecule has 0 saturated heterocycles. The van der Waals surface area contributed by atoms with Gasteiger partial charge in [0.05, 0.1) is 4.92 Å². The van der Waals surface area contributed by atoms with Gasteiger partial charge in [0.2, 0.25) is 0 Å². The summed E-state index contributed by atoms with van der Waals surface area (Å²) in [6.07, 6.45) is 2.48. The van der Waals surface area contributed by atoms with Crippen molar-refractivity contribution in [1.29, 1.82) is 0 Å². The highest BCUT2D eigenvalue weighted by Crippen LogP contribution is 2.22. The van der Waals surface area contributed by atoms with E-state index >= 15 is 0 Å². The van der Waals surface area contributed by atoms with Gasteiger partial charge in [-0.3, -0.25) is 19.9 Å². The largest absolute Gasteiger partial charge is 0.316 e. The number of carbonyl (C=O) groups is 1. The predicted octanol–water partition coefficient (Wildman–Crippen LogP) is 2.24. The molecule has 1 N–H and O–H groups in total. The molecule has 1 amide bonds. The number of amides is 1. The van der Waals surface area contributed by atoms with Gasteiger partial charge in [-0.05, 0) is 18.2 Å².